The number of rotatable bonds is 4. The van der Waals surface area contributed by atoms with Crippen molar-refractivity contribution < 1.29 is 24.1 Å². The number of hydrogen-bond donors (Lipinski definition) is 2. The van der Waals surface area contributed by atoms with E-state index in [1.165, 1.54) is 0 Å². The Kier molecular flexibility index (Phi) is 5.06. The van der Waals surface area contributed by atoms with E-state index < -0.39 is 29.6 Å². The number of aliphatic hydroxyl groups is 1. The van der Waals surface area contributed by atoms with Gasteiger partial charge in [0.05, 0.1) is 19.3 Å². The van der Waals surface area contributed by atoms with Crippen LogP contribution in [0.4, 0.5) is 4.79 Å². The minimum Gasteiger partial charge on any atom is -0.444 e. The zero-order chi connectivity index (χ0) is 18.3. The highest BCUT2D eigenvalue weighted by molar-refractivity contribution is 5.68. The van der Waals surface area contributed by atoms with Crippen LogP contribution in [0.25, 0.3) is 0 Å². The van der Waals surface area contributed by atoms with Crippen molar-refractivity contribution in [2.24, 2.45) is 11.3 Å². The predicted octanol–water partition coefficient (Wildman–Crippen LogP) is 2.61. The first kappa shape index (κ1) is 19.2. The normalized spacial score (nSPS) is 24.3. The van der Waals surface area contributed by atoms with E-state index in [4.69, 9.17) is 14.2 Å². The summed E-state index contributed by atoms with van der Waals surface area (Å²) in [6.07, 6.45) is 0.375. The molecule has 0 saturated carbocycles. The Morgan fingerprint density at radius 1 is 1.29 bits per heavy atom. The van der Waals surface area contributed by atoms with Gasteiger partial charge in [-0.2, -0.15) is 0 Å². The van der Waals surface area contributed by atoms with Crippen LogP contribution in [0.3, 0.4) is 0 Å². The molecule has 2 aliphatic rings. The summed E-state index contributed by atoms with van der Waals surface area (Å²) in [5.74, 6) is -0.872. The highest BCUT2D eigenvalue weighted by atomic mass is 16.7. The molecule has 0 bridgehead atoms. The summed E-state index contributed by atoms with van der Waals surface area (Å²) in [5, 5.41) is 13.5. The SMILES string of the molecule is CC(C)[C@H](NC(=O)OC(C)(C)C)[C@@H](O)C1=CC12OCC(C)(C)CO2. The Balaban J connectivity index is 1.97. The molecule has 0 aromatic heterocycles. The Morgan fingerprint density at radius 2 is 1.83 bits per heavy atom. The van der Waals surface area contributed by atoms with E-state index >= 15 is 0 Å². The molecule has 1 saturated heterocycles. The number of alkyl carbamates (subject to hydrolysis) is 1. The Morgan fingerprint density at radius 3 is 2.29 bits per heavy atom. The lowest BCUT2D eigenvalue weighted by atomic mass is 9.94. The van der Waals surface area contributed by atoms with Crippen LogP contribution in [0.15, 0.2) is 11.6 Å². The van der Waals surface area contributed by atoms with Gasteiger partial charge < -0.3 is 24.6 Å². The lowest BCUT2D eigenvalue weighted by Crippen LogP contribution is -2.50. The van der Waals surface area contributed by atoms with Gasteiger partial charge in [-0.05, 0) is 32.8 Å². The van der Waals surface area contributed by atoms with Gasteiger partial charge in [0.15, 0.2) is 0 Å². The monoisotopic (exact) mass is 341 g/mol. The summed E-state index contributed by atoms with van der Waals surface area (Å²) in [4.78, 5) is 12.0. The number of carbonyl (C=O) groups is 1. The van der Waals surface area contributed by atoms with E-state index in [1.807, 2.05) is 13.8 Å². The van der Waals surface area contributed by atoms with Gasteiger partial charge in [-0.3, -0.25) is 0 Å². The Bertz CT molecular complexity index is 508. The van der Waals surface area contributed by atoms with Gasteiger partial charge in [-0.1, -0.05) is 27.7 Å². The fourth-order valence-corrected chi connectivity index (χ4v) is 2.65. The summed E-state index contributed by atoms with van der Waals surface area (Å²) >= 11 is 0. The van der Waals surface area contributed by atoms with Crippen LogP contribution in [0.2, 0.25) is 0 Å². The molecule has 1 spiro atoms. The standard InChI is InChI=1S/C18H31NO5/c1-11(2)13(19-15(21)24-16(3,4)5)14(20)12-8-18(12)22-9-17(6,7)10-23-18/h8,11,13-14,20H,9-10H2,1-7H3,(H,19,21)/t13-,14-/m0/s1. The van der Waals surface area contributed by atoms with Crippen molar-refractivity contribution >= 4 is 6.09 Å². The molecule has 6 heteroatoms. The molecule has 0 unspecified atom stereocenters. The van der Waals surface area contributed by atoms with Crippen LogP contribution in [0.5, 0.6) is 0 Å². The van der Waals surface area contributed by atoms with Crippen LogP contribution in [0, 0.1) is 11.3 Å². The minimum atomic E-state index is -0.891. The van der Waals surface area contributed by atoms with Gasteiger partial charge in [0.1, 0.15) is 11.7 Å². The molecular weight excluding hydrogens is 310 g/mol. The highest BCUT2D eigenvalue weighted by Gasteiger charge is 2.55. The van der Waals surface area contributed by atoms with E-state index in [-0.39, 0.29) is 11.3 Å². The number of nitrogens with one attached hydrogen (secondary N) is 1. The second-order valence-corrected chi connectivity index (χ2v) is 8.87. The topological polar surface area (TPSA) is 77.0 Å². The maximum Gasteiger partial charge on any atom is 0.407 e. The maximum absolute atomic E-state index is 12.0. The fraction of sp³-hybridized carbons (Fsp3) is 0.833. The maximum atomic E-state index is 12.0. The second-order valence-electron chi connectivity index (χ2n) is 8.87. The average Bonchev–Trinajstić information content (AvgIpc) is 3.12. The molecule has 1 aliphatic carbocycles. The van der Waals surface area contributed by atoms with Crippen LogP contribution >= 0.6 is 0 Å². The van der Waals surface area contributed by atoms with Gasteiger partial charge in [-0.15, -0.1) is 0 Å². The van der Waals surface area contributed by atoms with Crippen molar-refractivity contribution in [2.75, 3.05) is 13.2 Å². The Hall–Kier alpha value is -1.11. The highest BCUT2D eigenvalue weighted by Crippen LogP contribution is 2.47. The van der Waals surface area contributed by atoms with E-state index in [2.05, 4.69) is 19.2 Å². The molecule has 0 aromatic carbocycles. The zero-order valence-corrected chi connectivity index (χ0v) is 15.8. The molecule has 0 radical (unpaired) electrons. The lowest BCUT2D eigenvalue weighted by molar-refractivity contribution is -0.233. The van der Waals surface area contributed by atoms with Gasteiger partial charge in [-0.25, -0.2) is 4.79 Å². The van der Waals surface area contributed by atoms with Crippen molar-refractivity contribution in [1.29, 1.82) is 0 Å². The second kappa shape index (κ2) is 6.32. The van der Waals surface area contributed by atoms with Gasteiger partial charge in [0.25, 0.3) is 0 Å². The van der Waals surface area contributed by atoms with E-state index in [0.29, 0.717) is 18.8 Å². The summed E-state index contributed by atoms with van der Waals surface area (Å²) in [6.45, 7) is 14.5. The summed E-state index contributed by atoms with van der Waals surface area (Å²) in [5.41, 5.74) is 0.0506. The number of ether oxygens (including phenoxy) is 3. The van der Waals surface area contributed by atoms with Crippen molar-refractivity contribution in [2.45, 2.75) is 72.0 Å². The summed E-state index contributed by atoms with van der Waals surface area (Å²) < 4.78 is 16.9. The summed E-state index contributed by atoms with van der Waals surface area (Å²) in [6, 6.07) is -0.479. The lowest BCUT2D eigenvalue weighted by Gasteiger charge is -2.37. The molecule has 1 aliphatic heterocycles. The number of amides is 1. The third kappa shape index (κ3) is 4.49. The smallest absolute Gasteiger partial charge is 0.407 e. The predicted molar refractivity (Wildman–Crippen MR) is 90.5 cm³/mol. The molecular formula is C18H31NO5. The Labute approximate surface area is 144 Å². The van der Waals surface area contributed by atoms with Crippen molar-refractivity contribution in [3.05, 3.63) is 11.6 Å². The van der Waals surface area contributed by atoms with Crippen LogP contribution < -0.4 is 5.32 Å². The molecule has 6 nitrogen and oxygen atoms in total. The minimum absolute atomic E-state index is 0.0195. The molecule has 24 heavy (non-hydrogen) atoms. The molecule has 0 aromatic rings. The third-order valence-corrected chi connectivity index (χ3v) is 4.08. The molecule has 1 fully saturated rings. The summed E-state index contributed by atoms with van der Waals surface area (Å²) in [7, 11) is 0. The quantitative estimate of drug-likeness (QED) is 0.769. The van der Waals surface area contributed by atoms with Crippen LogP contribution in [0.1, 0.15) is 48.5 Å². The van der Waals surface area contributed by atoms with Crippen LogP contribution in [-0.2, 0) is 14.2 Å². The molecule has 2 N–H and O–H groups in total. The first-order valence-electron chi connectivity index (χ1n) is 8.54. The van der Waals surface area contributed by atoms with Crippen molar-refractivity contribution in [3.63, 3.8) is 0 Å². The number of hydrogen-bond acceptors (Lipinski definition) is 5. The third-order valence-electron chi connectivity index (χ3n) is 4.08. The molecule has 138 valence electrons. The molecule has 1 amide bonds. The van der Waals surface area contributed by atoms with Crippen LogP contribution in [-0.4, -0.2) is 47.9 Å². The van der Waals surface area contributed by atoms with E-state index in [0.717, 1.165) is 0 Å². The van der Waals surface area contributed by atoms with Crippen molar-refractivity contribution in [1.82, 2.24) is 5.32 Å². The van der Waals surface area contributed by atoms with Gasteiger partial charge in [0, 0.05) is 11.0 Å². The molecule has 2 atom stereocenters. The number of carbonyl (C=O) groups excluding carboxylic acids is 1. The average molecular weight is 341 g/mol. The van der Waals surface area contributed by atoms with Gasteiger partial charge >= 0.3 is 6.09 Å². The molecule has 2 rings (SSSR count). The number of aliphatic hydroxyl groups excluding tert-OH is 1. The van der Waals surface area contributed by atoms with E-state index in [9.17, 15) is 9.90 Å². The fourth-order valence-electron chi connectivity index (χ4n) is 2.65. The molecule has 1 heterocycles. The van der Waals surface area contributed by atoms with Gasteiger partial charge in [0.2, 0.25) is 5.79 Å². The first-order chi connectivity index (χ1) is 10.9. The largest absolute Gasteiger partial charge is 0.444 e. The van der Waals surface area contributed by atoms with E-state index in [1.54, 1.807) is 26.8 Å². The first-order valence-corrected chi connectivity index (χ1v) is 8.54. The zero-order valence-electron chi connectivity index (χ0n) is 15.8. The van der Waals surface area contributed by atoms with Crippen molar-refractivity contribution in [3.8, 4) is 0 Å².